The van der Waals surface area contributed by atoms with Crippen molar-refractivity contribution in [1.82, 2.24) is 4.98 Å². The van der Waals surface area contributed by atoms with Crippen LogP contribution in [-0.4, -0.2) is 16.3 Å². The van der Waals surface area contributed by atoms with Crippen LogP contribution in [0.2, 0.25) is 0 Å². The summed E-state index contributed by atoms with van der Waals surface area (Å²) < 4.78 is 71.6. The van der Waals surface area contributed by atoms with Gasteiger partial charge in [-0.2, -0.15) is 26.3 Å². The number of aliphatic hydroxyl groups excluding tert-OH is 1. The quantitative estimate of drug-likeness (QED) is 0.833. The highest BCUT2D eigenvalue weighted by atomic mass is 32.1. The third-order valence-corrected chi connectivity index (χ3v) is 2.66. The van der Waals surface area contributed by atoms with Crippen LogP contribution in [0.25, 0.3) is 0 Å². The Hall–Kier alpha value is -0.830. The highest BCUT2D eigenvalue weighted by Gasteiger charge is 2.37. The number of hydrogen-bond acceptors (Lipinski definition) is 3. The van der Waals surface area contributed by atoms with Crippen LogP contribution in [0.1, 0.15) is 22.4 Å². The van der Waals surface area contributed by atoms with E-state index in [0.717, 1.165) is 0 Å². The summed E-state index contributed by atoms with van der Waals surface area (Å²) >= 11 is 0.00250. The van der Waals surface area contributed by atoms with Gasteiger partial charge in [-0.05, 0) is 0 Å². The second-order valence-corrected chi connectivity index (χ2v) is 3.96. The van der Waals surface area contributed by atoms with Crippen LogP contribution in [0.15, 0.2) is 6.20 Å². The fourth-order valence-electron chi connectivity index (χ4n) is 0.892. The van der Waals surface area contributed by atoms with E-state index in [9.17, 15) is 26.3 Å². The Morgan fingerprint density at radius 2 is 1.81 bits per heavy atom. The predicted octanol–water partition coefficient (Wildman–Crippen LogP) is 3.15. The minimum absolute atomic E-state index is 0.00250. The Kier molecular flexibility index (Phi) is 3.48. The first-order chi connectivity index (χ1) is 7.09. The molecule has 92 valence electrons. The first-order valence-electron chi connectivity index (χ1n) is 3.87. The highest BCUT2D eigenvalue weighted by molar-refractivity contribution is 7.11. The van der Waals surface area contributed by atoms with Gasteiger partial charge in [0.25, 0.3) is 0 Å². The molecule has 0 saturated heterocycles. The molecule has 9 heteroatoms. The SMILES string of the molecule is OC(CC(F)(F)F)c1cnc(C(F)(F)F)s1. The number of thiazole rings is 1. The Morgan fingerprint density at radius 3 is 2.19 bits per heavy atom. The fourth-order valence-corrected chi connectivity index (χ4v) is 1.66. The molecule has 0 aromatic carbocycles. The second kappa shape index (κ2) is 4.21. The van der Waals surface area contributed by atoms with E-state index >= 15 is 0 Å². The van der Waals surface area contributed by atoms with E-state index in [-0.39, 0.29) is 11.3 Å². The maximum absolute atomic E-state index is 12.0. The molecule has 0 radical (unpaired) electrons. The summed E-state index contributed by atoms with van der Waals surface area (Å²) in [5, 5.41) is 7.74. The maximum Gasteiger partial charge on any atom is 0.443 e. The Balaban J connectivity index is 2.79. The molecule has 0 amide bonds. The van der Waals surface area contributed by atoms with Gasteiger partial charge in [0.2, 0.25) is 0 Å². The number of nitrogens with zero attached hydrogens (tertiary/aromatic N) is 1. The van der Waals surface area contributed by atoms with Crippen LogP contribution in [0.4, 0.5) is 26.3 Å². The monoisotopic (exact) mass is 265 g/mol. The van der Waals surface area contributed by atoms with E-state index in [1.807, 2.05) is 0 Å². The fraction of sp³-hybridized carbons (Fsp3) is 0.571. The molecule has 1 aromatic rings. The summed E-state index contributed by atoms with van der Waals surface area (Å²) in [6, 6.07) is 0. The molecule has 0 aliphatic rings. The molecule has 1 aromatic heterocycles. The molecular weight excluding hydrogens is 260 g/mol. The van der Waals surface area contributed by atoms with Crippen molar-refractivity contribution in [3.63, 3.8) is 0 Å². The molecule has 2 nitrogen and oxygen atoms in total. The Bertz CT molecular complexity index is 356. The molecule has 0 spiro atoms. The molecule has 1 N–H and O–H groups in total. The lowest BCUT2D eigenvalue weighted by atomic mass is 10.2. The van der Waals surface area contributed by atoms with Gasteiger partial charge in [0, 0.05) is 6.20 Å². The van der Waals surface area contributed by atoms with Crippen LogP contribution in [0.3, 0.4) is 0 Å². The molecular formula is C7H5F6NOS. The summed E-state index contributed by atoms with van der Waals surface area (Å²) in [4.78, 5) is 2.45. The number of aliphatic hydroxyl groups is 1. The van der Waals surface area contributed by atoms with Crippen molar-refractivity contribution >= 4 is 11.3 Å². The zero-order valence-electron chi connectivity index (χ0n) is 7.43. The van der Waals surface area contributed by atoms with E-state index in [4.69, 9.17) is 5.11 Å². The highest BCUT2D eigenvalue weighted by Crippen LogP contribution is 2.37. The largest absolute Gasteiger partial charge is 0.443 e. The van der Waals surface area contributed by atoms with Gasteiger partial charge < -0.3 is 5.11 Å². The second-order valence-electron chi connectivity index (χ2n) is 2.90. The molecule has 16 heavy (non-hydrogen) atoms. The molecule has 1 rings (SSSR count). The minimum atomic E-state index is -4.71. The normalized spacial score (nSPS) is 15.2. The first-order valence-corrected chi connectivity index (χ1v) is 4.69. The first kappa shape index (κ1) is 13.2. The molecule has 1 atom stereocenters. The van der Waals surface area contributed by atoms with Gasteiger partial charge in [-0.1, -0.05) is 0 Å². The molecule has 1 unspecified atom stereocenters. The van der Waals surface area contributed by atoms with E-state index in [1.54, 1.807) is 0 Å². The summed E-state index contributed by atoms with van der Waals surface area (Å²) in [6.45, 7) is 0. The molecule has 1 heterocycles. The van der Waals surface area contributed by atoms with Crippen molar-refractivity contribution in [2.75, 3.05) is 0 Å². The summed E-state index contributed by atoms with van der Waals surface area (Å²) in [5.74, 6) is 0. The molecule has 0 bridgehead atoms. The average Bonchev–Trinajstić information content (AvgIpc) is 2.46. The van der Waals surface area contributed by atoms with Crippen LogP contribution < -0.4 is 0 Å². The van der Waals surface area contributed by atoms with E-state index < -0.39 is 34.8 Å². The number of aromatic nitrogens is 1. The number of halogens is 6. The maximum atomic E-state index is 12.0. The zero-order valence-corrected chi connectivity index (χ0v) is 8.25. The van der Waals surface area contributed by atoms with Gasteiger partial charge >= 0.3 is 12.4 Å². The van der Waals surface area contributed by atoms with Crippen molar-refractivity contribution in [2.24, 2.45) is 0 Å². The third-order valence-electron chi connectivity index (χ3n) is 1.52. The van der Waals surface area contributed by atoms with Crippen LogP contribution in [0, 0.1) is 0 Å². The zero-order chi connectivity index (χ0) is 12.6. The number of alkyl halides is 6. The van der Waals surface area contributed by atoms with Gasteiger partial charge in [0.1, 0.15) is 0 Å². The van der Waals surface area contributed by atoms with Gasteiger partial charge in [-0.15, -0.1) is 11.3 Å². The lowest BCUT2D eigenvalue weighted by Gasteiger charge is -2.10. The number of rotatable bonds is 2. The average molecular weight is 265 g/mol. The van der Waals surface area contributed by atoms with Crippen LogP contribution >= 0.6 is 11.3 Å². The van der Waals surface area contributed by atoms with Crippen molar-refractivity contribution in [2.45, 2.75) is 24.9 Å². The smallest absolute Gasteiger partial charge is 0.387 e. The van der Waals surface area contributed by atoms with Gasteiger partial charge in [-0.25, -0.2) is 4.98 Å². The van der Waals surface area contributed by atoms with Crippen molar-refractivity contribution in [1.29, 1.82) is 0 Å². The van der Waals surface area contributed by atoms with Crippen molar-refractivity contribution in [3.05, 3.63) is 16.1 Å². The molecule has 0 fully saturated rings. The lowest BCUT2D eigenvalue weighted by Crippen LogP contribution is -2.12. The van der Waals surface area contributed by atoms with E-state index in [0.29, 0.717) is 6.20 Å². The van der Waals surface area contributed by atoms with Crippen LogP contribution in [-0.2, 0) is 6.18 Å². The topological polar surface area (TPSA) is 33.1 Å². The van der Waals surface area contributed by atoms with Crippen LogP contribution in [0.5, 0.6) is 0 Å². The van der Waals surface area contributed by atoms with E-state index in [2.05, 4.69) is 4.98 Å². The molecule has 0 aliphatic carbocycles. The Labute approximate surface area is 89.5 Å². The van der Waals surface area contributed by atoms with Gasteiger partial charge in [0.15, 0.2) is 5.01 Å². The number of hydrogen-bond donors (Lipinski definition) is 1. The van der Waals surface area contributed by atoms with Crippen molar-refractivity contribution in [3.8, 4) is 0 Å². The van der Waals surface area contributed by atoms with Gasteiger partial charge in [0.05, 0.1) is 17.4 Å². The summed E-state index contributed by atoms with van der Waals surface area (Å²) in [6.07, 6.45) is -12.3. The Morgan fingerprint density at radius 1 is 1.25 bits per heavy atom. The third kappa shape index (κ3) is 3.63. The molecule has 0 aliphatic heterocycles. The predicted molar refractivity (Wildman–Crippen MR) is 42.7 cm³/mol. The summed E-state index contributed by atoms with van der Waals surface area (Å²) in [7, 11) is 0. The van der Waals surface area contributed by atoms with Crippen molar-refractivity contribution < 1.29 is 31.4 Å². The van der Waals surface area contributed by atoms with Gasteiger partial charge in [-0.3, -0.25) is 0 Å². The standard InChI is InChI=1S/C7H5F6NOS/c8-6(9,10)1-3(15)4-2-14-5(16-4)7(11,12)13/h2-3,15H,1H2. The minimum Gasteiger partial charge on any atom is -0.387 e. The summed E-state index contributed by atoms with van der Waals surface area (Å²) in [5.41, 5.74) is 0. The molecule has 0 saturated carbocycles. The lowest BCUT2D eigenvalue weighted by molar-refractivity contribution is -0.153. The van der Waals surface area contributed by atoms with E-state index in [1.165, 1.54) is 0 Å².